The molecule has 1 saturated heterocycles. The quantitative estimate of drug-likeness (QED) is 0.894. The molecule has 132 valence electrons. The Labute approximate surface area is 155 Å². The van der Waals surface area contributed by atoms with E-state index in [1.54, 1.807) is 0 Å². The van der Waals surface area contributed by atoms with Crippen LogP contribution in [-0.2, 0) is 12.8 Å². The monoisotopic (exact) mass is 356 g/mol. The summed E-state index contributed by atoms with van der Waals surface area (Å²) in [6.45, 7) is 1.34. The first-order valence-corrected chi connectivity index (χ1v) is 8.94. The van der Waals surface area contributed by atoms with Crippen molar-refractivity contribution in [3.8, 4) is 0 Å². The number of carbonyl (C=O) groups is 1. The van der Waals surface area contributed by atoms with Gasteiger partial charge in [-0.05, 0) is 54.5 Å². The minimum absolute atomic E-state index is 0. The van der Waals surface area contributed by atoms with Gasteiger partial charge in [-0.3, -0.25) is 4.79 Å². The summed E-state index contributed by atoms with van der Waals surface area (Å²) in [5.74, 6) is 0.352. The van der Waals surface area contributed by atoms with Crippen molar-refractivity contribution < 1.29 is 4.79 Å². The summed E-state index contributed by atoms with van der Waals surface area (Å²) in [5, 5.41) is 0. The summed E-state index contributed by atoms with van der Waals surface area (Å²) in [6, 6.07) is 16.6. The number of hydrogen-bond acceptors (Lipinski definition) is 2. The van der Waals surface area contributed by atoms with Gasteiger partial charge < -0.3 is 10.6 Å². The molecule has 1 fully saturated rings. The van der Waals surface area contributed by atoms with E-state index in [4.69, 9.17) is 5.73 Å². The maximum atomic E-state index is 12.9. The molecule has 1 aliphatic carbocycles. The third-order valence-corrected chi connectivity index (χ3v) is 5.48. The highest BCUT2D eigenvalue weighted by atomic mass is 35.5. The van der Waals surface area contributed by atoms with E-state index in [9.17, 15) is 4.79 Å². The van der Waals surface area contributed by atoms with Gasteiger partial charge in [0, 0.05) is 30.6 Å². The SMILES string of the molecule is Cl.N[C@@H]1CN(C(=O)c2ccc3c(c2)CCCC3)C[C@H]1c1ccccc1. The van der Waals surface area contributed by atoms with Crippen molar-refractivity contribution in [3.05, 3.63) is 70.8 Å². The Morgan fingerprint density at radius 2 is 1.68 bits per heavy atom. The molecule has 4 heteroatoms. The average molecular weight is 357 g/mol. The maximum Gasteiger partial charge on any atom is 0.253 e. The first kappa shape index (κ1) is 18.0. The van der Waals surface area contributed by atoms with Gasteiger partial charge in [0.2, 0.25) is 0 Å². The third-order valence-electron chi connectivity index (χ3n) is 5.48. The fourth-order valence-corrected chi connectivity index (χ4v) is 4.10. The smallest absolute Gasteiger partial charge is 0.253 e. The van der Waals surface area contributed by atoms with Crippen molar-refractivity contribution in [1.29, 1.82) is 0 Å². The first-order valence-electron chi connectivity index (χ1n) is 8.94. The predicted octanol–water partition coefficient (Wildman–Crippen LogP) is 3.55. The number of carbonyl (C=O) groups excluding carboxylic acids is 1. The van der Waals surface area contributed by atoms with Crippen LogP contribution in [0.25, 0.3) is 0 Å². The molecule has 25 heavy (non-hydrogen) atoms. The Morgan fingerprint density at radius 3 is 2.44 bits per heavy atom. The molecule has 0 spiro atoms. The van der Waals surface area contributed by atoms with Crippen LogP contribution in [0.3, 0.4) is 0 Å². The zero-order chi connectivity index (χ0) is 16.5. The second-order valence-electron chi connectivity index (χ2n) is 7.08. The Hall–Kier alpha value is -1.84. The van der Waals surface area contributed by atoms with Crippen molar-refractivity contribution in [2.24, 2.45) is 5.73 Å². The molecule has 1 amide bonds. The van der Waals surface area contributed by atoms with Crippen LogP contribution in [0.4, 0.5) is 0 Å². The van der Waals surface area contributed by atoms with Gasteiger partial charge in [-0.2, -0.15) is 0 Å². The predicted molar refractivity (Wildman–Crippen MR) is 103 cm³/mol. The lowest BCUT2D eigenvalue weighted by atomic mass is 9.90. The van der Waals surface area contributed by atoms with E-state index in [1.165, 1.54) is 29.5 Å². The minimum atomic E-state index is 0. The van der Waals surface area contributed by atoms with Gasteiger partial charge in [-0.25, -0.2) is 0 Å². The minimum Gasteiger partial charge on any atom is -0.336 e. The summed E-state index contributed by atoms with van der Waals surface area (Å²) in [7, 11) is 0. The van der Waals surface area contributed by atoms with E-state index < -0.39 is 0 Å². The van der Waals surface area contributed by atoms with Crippen molar-refractivity contribution in [3.63, 3.8) is 0 Å². The zero-order valence-electron chi connectivity index (χ0n) is 14.4. The second-order valence-corrected chi connectivity index (χ2v) is 7.08. The van der Waals surface area contributed by atoms with Gasteiger partial charge in [0.15, 0.2) is 0 Å². The number of amides is 1. The van der Waals surface area contributed by atoms with Crippen LogP contribution >= 0.6 is 12.4 Å². The molecule has 0 bridgehead atoms. The van der Waals surface area contributed by atoms with Crippen LogP contribution in [-0.4, -0.2) is 29.9 Å². The Bertz CT molecular complexity index is 747. The largest absolute Gasteiger partial charge is 0.336 e. The molecule has 2 atom stereocenters. The van der Waals surface area contributed by atoms with E-state index in [0.29, 0.717) is 13.1 Å². The molecule has 2 N–H and O–H groups in total. The summed E-state index contributed by atoms with van der Waals surface area (Å²) in [5.41, 5.74) is 11.1. The molecular weight excluding hydrogens is 332 g/mol. The molecule has 0 unspecified atom stereocenters. The number of benzene rings is 2. The number of likely N-dealkylation sites (tertiary alicyclic amines) is 1. The first-order chi connectivity index (χ1) is 11.7. The summed E-state index contributed by atoms with van der Waals surface area (Å²) in [4.78, 5) is 14.8. The fourth-order valence-electron chi connectivity index (χ4n) is 4.10. The maximum absolute atomic E-state index is 12.9. The summed E-state index contributed by atoms with van der Waals surface area (Å²) < 4.78 is 0. The van der Waals surface area contributed by atoms with Gasteiger partial charge in [-0.15, -0.1) is 12.4 Å². The summed E-state index contributed by atoms with van der Waals surface area (Å²) in [6.07, 6.45) is 4.74. The Kier molecular flexibility index (Phi) is 5.45. The number of hydrogen-bond donors (Lipinski definition) is 1. The normalized spacial score (nSPS) is 22.2. The highest BCUT2D eigenvalue weighted by Crippen LogP contribution is 2.28. The van der Waals surface area contributed by atoms with Crippen LogP contribution in [0, 0.1) is 0 Å². The number of nitrogens with two attached hydrogens (primary N) is 1. The molecule has 2 aliphatic rings. The van der Waals surface area contributed by atoms with Gasteiger partial charge >= 0.3 is 0 Å². The number of nitrogens with zero attached hydrogens (tertiary/aromatic N) is 1. The van der Waals surface area contributed by atoms with Gasteiger partial charge in [0.1, 0.15) is 0 Å². The van der Waals surface area contributed by atoms with Crippen molar-refractivity contribution >= 4 is 18.3 Å². The number of rotatable bonds is 2. The standard InChI is InChI=1S/C21H24N2O.ClH/c22-20-14-23(13-19(20)16-7-2-1-3-8-16)21(24)18-11-10-15-6-4-5-9-17(15)12-18;/h1-3,7-8,10-12,19-20H,4-6,9,13-14,22H2;1H/t19-,20+;/m0./s1. The fraction of sp³-hybridized carbons (Fsp3) is 0.381. The van der Waals surface area contributed by atoms with Crippen LogP contribution in [0.5, 0.6) is 0 Å². The van der Waals surface area contributed by atoms with E-state index in [0.717, 1.165) is 18.4 Å². The van der Waals surface area contributed by atoms with E-state index >= 15 is 0 Å². The van der Waals surface area contributed by atoms with Crippen molar-refractivity contribution in [1.82, 2.24) is 4.90 Å². The highest BCUT2D eigenvalue weighted by molar-refractivity contribution is 5.94. The van der Waals surface area contributed by atoms with Crippen LogP contribution in [0.1, 0.15) is 45.8 Å². The number of fused-ring (bicyclic) bond motifs is 1. The van der Waals surface area contributed by atoms with Gasteiger partial charge in [-0.1, -0.05) is 36.4 Å². The molecule has 0 radical (unpaired) electrons. The third kappa shape index (κ3) is 3.58. The number of halogens is 1. The molecule has 0 aromatic heterocycles. The average Bonchev–Trinajstić information content (AvgIpc) is 3.03. The highest BCUT2D eigenvalue weighted by Gasteiger charge is 2.34. The van der Waals surface area contributed by atoms with Crippen LogP contribution < -0.4 is 5.73 Å². The summed E-state index contributed by atoms with van der Waals surface area (Å²) >= 11 is 0. The Morgan fingerprint density at radius 1 is 0.960 bits per heavy atom. The molecule has 0 saturated carbocycles. The molecular formula is C21H25ClN2O. The van der Waals surface area contributed by atoms with Crippen molar-refractivity contribution in [2.75, 3.05) is 13.1 Å². The van der Waals surface area contributed by atoms with Crippen LogP contribution in [0.15, 0.2) is 48.5 Å². The zero-order valence-corrected chi connectivity index (χ0v) is 15.2. The molecule has 3 nitrogen and oxygen atoms in total. The number of aryl methyl sites for hydroxylation is 2. The van der Waals surface area contributed by atoms with Crippen LogP contribution in [0.2, 0.25) is 0 Å². The second kappa shape index (κ2) is 7.59. The lowest BCUT2D eigenvalue weighted by molar-refractivity contribution is 0.0789. The molecule has 2 aromatic rings. The Balaban J connectivity index is 0.00000182. The van der Waals surface area contributed by atoms with E-state index in [2.05, 4.69) is 24.3 Å². The molecule has 1 aliphatic heterocycles. The lowest BCUT2D eigenvalue weighted by Crippen LogP contribution is -2.32. The molecule has 4 rings (SSSR count). The van der Waals surface area contributed by atoms with Crippen molar-refractivity contribution in [2.45, 2.75) is 37.6 Å². The van der Waals surface area contributed by atoms with Gasteiger partial charge in [0.05, 0.1) is 0 Å². The van der Waals surface area contributed by atoms with E-state index in [1.807, 2.05) is 29.2 Å². The van der Waals surface area contributed by atoms with Gasteiger partial charge in [0.25, 0.3) is 5.91 Å². The lowest BCUT2D eigenvalue weighted by Gasteiger charge is -2.20. The van der Waals surface area contributed by atoms with E-state index in [-0.39, 0.29) is 30.3 Å². The molecule has 1 heterocycles. The molecule has 2 aromatic carbocycles. The topological polar surface area (TPSA) is 46.3 Å².